The van der Waals surface area contributed by atoms with Crippen molar-refractivity contribution in [2.75, 3.05) is 0 Å². The molecule has 0 atom stereocenters. The Morgan fingerprint density at radius 2 is 1.79 bits per heavy atom. The minimum absolute atomic E-state index is 0.0701. The molecule has 0 aliphatic rings. The fourth-order valence-corrected chi connectivity index (χ4v) is 3.20. The van der Waals surface area contributed by atoms with E-state index < -0.39 is 0 Å². The normalized spacial score (nSPS) is 11.0. The van der Waals surface area contributed by atoms with Gasteiger partial charge in [-0.25, -0.2) is 4.98 Å². The zero-order valence-electron chi connectivity index (χ0n) is 15.7. The summed E-state index contributed by atoms with van der Waals surface area (Å²) in [7, 11) is 0. The van der Waals surface area contributed by atoms with Gasteiger partial charge in [0, 0.05) is 6.07 Å². The van der Waals surface area contributed by atoms with Crippen molar-refractivity contribution < 1.29 is 5.11 Å². The Balaban J connectivity index is 1.94. The summed E-state index contributed by atoms with van der Waals surface area (Å²) < 4.78 is 1.49. The smallest absolute Gasteiger partial charge is 0.266 e. The molecule has 0 saturated heterocycles. The predicted octanol–water partition coefficient (Wildman–Crippen LogP) is 4.44. The van der Waals surface area contributed by atoms with E-state index in [-0.39, 0.29) is 11.3 Å². The molecule has 0 radical (unpaired) electrons. The van der Waals surface area contributed by atoms with Crippen LogP contribution in [0, 0.1) is 18.3 Å². The van der Waals surface area contributed by atoms with E-state index in [4.69, 9.17) is 10.2 Å². The first-order valence-corrected chi connectivity index (χ1v) is 9.07. The summed E-state index contributed by atoms with van der Waals surface area (Å²) in [6, 6.07) is 21.3. The fourth-order valence-electron chi connectivity index (χ4n) is 3.20. The van der Waals surface area contributed by atoms with Crippen LogP contribution in [0.25, 0.3) is 28.7 Å². The maximum atomic E-state index is 13.3. The van der Waals surface area contributed by atoms with Gasteiger partial charge in [-0.05, 0) is 54.5 Å². The van der Waals surface area contributed by atoms with E-state index in [2.05, 4.69) is 6.07 Å². The van der Waals surface area contributed by atoms with Crippen molar-refractivity contribution in [3.63, 3.8) is 0 Å². The third-order valence-corrected chi connectivity index (χ3v) is 4.68. The molecule has 5 nitrogen and oxygen atoms in total. The van der Waals surface area contributed by atoms with E-state index in [1.165, 1.54) is 10.6 Å². The minimum Gasteiger partial charge on any atom is -0.508 e. The lowest BCUT2D eigenvalue weighted by Gasteiger charge is -2.12. The summed E-state index contributed by atoms with van der Waals surface area (Å²) in [5.41, 5.74) is 3.35. The summed E-state index contributed by atoms with van der Waals surface area (Å²) in [5, 5.41) is 19.4. The first-order valence-electron chi connectivity index (χ1n) is 9.07. The lowest BCUT2D eigenvalue weighted by Crippen LogP contribution is -2.22. The zero-order chi connectivity index (χ0) is 20.4. The van der Waals surface area contributed by atoms with E-state index in [0.29, 0.717) is 28.0 Å². The van der Waals surface area contributed by atoms with Gasteiger partial charge in [0.2, 0.25) is 0 Å². The molecule has 0 saturated carbocycles. The molecule has 29 heavy (non-hydrogen) atoms. The molecule has 0 unspecified atom stereocenters. The number of aromatic nitrogens is 2. The number of hydrogen-bond acceptors (Lipinski definition) is 4. The third kappa shape index (κ3) is 3.52. The fraction of sp³-hybridized carbons (Fsp3) is 0.0417. The van der Waals surface area contributed by atoms with Crippen LogP contribution in [0.5, 0.6) is 5.75 Å². The lowest BCUT2D eigenvalue weighted by atomic mass is 10.1. The first kappa shape index (κ1) is 18.2. The first-order chi connectivity index (χ1) is 14.1. The molecule has 0 aliphatic carbocycles. The number of phenolic OH excluding ortho intramolecular Hbond substituents is 1. The van der Waals surface area contributed by atoms with Gasteiger partial charge < -0.3 is 5.11 Å². The Bertz CT molecular complexity index is 1340. The Hall–Kier alpha value is -4.17. The SMILES string of the molecule is Cc1cccc2c(=O)n(-c3cccc(O)c3)c(/C=C/c3ccc(C#N)cc3)nc12. The molecule has 140 valence electrons. The minimum atomic E-state index is -0.205. The highest BCUT2D eigenvalue weighted by Gasteiger charge is 2.12. The summed E-state index contributed by atoms with van der Waals surface area (Å²) in [5.74, 6) is 0.521. The molecule has 4 aromatic rings. The number of phenols is 1. The topological polar surface area (TPSA) is 78.9 Å². The van der Waals surface area contributed by atoms with Crippen molar-refractivity contribution >= 4 is 23.1 Å². The number of fused-ring (bicyclic) bond motifs is 1. The number of hydrogen-bond donors (Lipinski definition) is 1. The number of nitriles is 1. The number of para-hydroxylation sites is 1. The number of rotatable bonds is 3. The summed E-state index contributed by atoms with van der Waals surface area (Å²) in [4.78, 5) is 18.0. The number of benzene rings is 3. The van der Waals surface area contributed by atoms with Crippen molar-refractivity contribution in [1.82, 2.24) is 9.55 Å². The average molecular weight is 379 g/mol. The highest BCUT2D eigenvalue weighted by molar-refractivity contribution is 5.83. The second-order valence-electron chi connectivity index (χ2n) is 6.67. The van der Waals surface area contributed by atoms with Crippen LogP contribution in [-0.2, 0) is 0 Å². The van der Waals surface area contributed by atoms with Crippen LogP contribution >= 0.6 is 0 Å². The molecule has 3 aromatic carbocycles. The Labute approximate surface area is 167 Å². The largest absolute Gasteiger partial charge is 0.508 e. The van der Waals surface area contributed by atoms with Gasteiger partial charge >= 0.3 is 0 Å². The van der Waals surface area contributed by atoms with Gasteiger partial charge in [0.1, 0.15) is 11.6 Å². The van der Waals surface area contributed by atoms with Crippen molar-refractivity contribution in [1.29, 1.82) is 5.26 Å². The van der Waals surface area contributed by atoms with Crippen LogP contribution in [0.3, 0.4) is 0 Å². The standard InChI is InChI=1S/C24H17N3O2/c1-16-4-2-7-21-23(16)26-22(13-12-17-8-10-18(15-25)11-9-17)27(24(21)29)19-5-3-6-20(28)14-19/h2-14,28H,1H3/b13-12+. The molecular formula is C24H17N3O2. The maximum Gasteiger partial charge on any atom is 0.266 e. The van der Waals surface area contributed by atoms with E-state index in [1.807, 2.05) is 37.3 Å². The van der Waals surface area contributed by atoms with Crippen molar-refractivity contribution in [2.45, 2.75) is 6.92 Å². The summed E-state index contributed by atoms with van der Waals surface area (Å²) in [6.07, 6.45) is 3.60. The maximum absolute atomic E-state index is 13.3. The van der Waals surface area contributed by atoms with Crippen LogP contribution in [0.1, 0.15) is 22.5 Å². The molecule has 1 N–H and O–H groups in total. The van der Waals surface area contributed by atoms with Crippen LogP contribution in [0.15, 0.2) is 71.5 Å². The van der Waals surface area contributed by atoms with Gasteiger partial charge in [-0.15, -0.1) is 0 Å². The van der Waals surface area contributed by atoms with Crippen molar-refractivity contribution in [2.24, 2.45) is 0 Å². The van der Waals surface area contributed by atoms with Crippen molar-refractivity contribution in [3.8, 4) is 17.5 Å². The highest BCUT2D eigenvalue weighted by atomic mass is 16.3. The second kappa shape index (κ2) is 7.45. The van der Waals surface area contributed by atoms with E-state index >= 15 is 0 Å². The third-order valence-electron chi connectivity index (χ3n) is 4.68. The number of nitrogens with zero attached hydrogens (tertiary/aromatic N) is 3. The van der Waals surface area contributed by atoms with Crippen LogP contribution in [-0.4, -0.2) is 14.7 Å². The van der Waals surface area contributed by atoms with Gasteiger partial charge in [0.05, 0.1) is 28.2 Å². The van der Waals surface area contributed by atoms with E-state index in [1.54, 1.807) is 42.5 Å². The van der Waals surface area contributed by atoms with Gasteiger partial charge in [0.25, 0.3) is 5.56 Å². The van der Waals surface area contributed by atoms with Gasteiger partial charge in [-0.3, -0.25) is 9.36 Å². The highest BCUT2D eigenvalue weighted by Crippen LogP contribution is 2.20. The average Bonchev–Trinajstić information content (AvgIpc) is 2.73. The molecule has 0 fully saturated rings. The number of aryl methyl sites for hydroxylation is 1. The van der Waals surface area contributed by atoms with Gasteiger partial charge in [-0.2, -0.15) is 5.26 Å². The summed E-state index contributed by atoms with van der Waals surface area (Å²) >= 11 is 0. The molecule has 0 amide bonds. The Kier molecular flexibility index (Phi) is 4.68. The molecule has 0 aliphatic heterocycles. The quantitative estimate of drug-likeness (QED) is 0.571. The van der Waals surface area contributed by atoms with Crippen LogP contribution in [0.2, 0.25) is 0 Å². The predicted molar refractivity (Wildman–Crippen MR) is 114 cm³/mol. The molecule has 5 heteroatoms. The molecule has 1 heterocycles. The zero-order valence-corrected chi connectivity index (χ0v) is 15.7. The van der Waals surface area contributed by atoms with Crippen LogP contribution in [0.4, 0.5) is 0 Å². The Morgan fingerprint density at radius 3 is 2.52 bits per heavy atom. The van der Waals surface area contributed by atoms with Gasteiger partial charge in [-0.1, -0.05) is 36.4 Å². The summed E-state index contributed by atoms with van der Waals surface area (Å²) in [6.45, 7) is 1.92. The van der Waals surface area contributed by atoms with E-state index in [0.717, 1.165) is 11.1 Å². The molecule has 0 spiro atoms. The monoisotopic (exact) mass is 379 g/mol. The molecule has 1 aromatic heterocycles. The molecule has 0 bridgehead atoms. The Morgan fingerprint density at radius 1 is 1.03 bits per heavy atom. The molecular weight excluding hydrogens is 362 g/mol. The van der Waals surface area contributed by atoms with Crippen molar-refractivity contribution in [3.05, 3.63) is 99.6 Å². The lowest BCUT2D eigenvalue weighted by molar-refractivity contribution is 0.475. The number of aromatic hydroxyl groups is 1. The van der Waals surface area contributed by atoms with E-state index in [9.17, 15) is 9.90 Å². The van der Waals surface area contributed by atoms with Crippen LogP contribution < -0.4 is 5.56 Å². The van der Waals surface area contributed by atoms with Gasteiger partial charge in [0.15, 0.2) is 0 Å². The second-order valence-corrected chi connectivity index (χ2v) is 6.67. The molecule has 4 rings (SSSR count).